The Kier molecular flexibility index (Phi) is 4.61. The molecule has 0 unspecified atom stereocenters. The van der Waals surface area contributed by atoms with E-state index in [0.717, 1.165) is 3.57 Å². The number of rotatable bonds is 3. The lowest BCUT2D eigenvalue weighted by molar-refractivity contribution is 0.102. The largest absolute Gasteiger partial charge is 0.322 e. The van der Waals surface area contributed by atoms with E-state index >= 15 is 0 Å². The molecular weight excluding hydrogens is 408 g/mol. The van der Waals surface area contributed by atoms with Gasteiger partial charge in [-0.3, -0.25) is 4.79 Å². The van der Waals surface area contributed by atoms with Crippen LogP contribution in [0.1, 0.15) is 10.4 Å². The molecule has 3 rings (SSSR count). The van der Waals surface area contributed by atoms with Gasteiger partial charge in [-0.05, 0) is 71.1 Å². The summed E-state index contributed by atoms with van der Waals surface area (Å²) in [5, 5.41) is 2.78. The van der Waals surface area contributed by atoms with Crippen LogP contribution in [0.3, 0.4) is 0 Å². The Bertz CT molecular complexity index is 818. The molecule has 23 heavy (non-hydrogen) atoms. The highest BCUT2D eigenvalue weighted by Crippen LogP contribution is 2.16. The Morgan fingerprint density at radius 3 is 2.17 bits per heavy atom. The van der Waals surface area contributed by atoms with E-state index in [1.807, 2.05) is 24.3 Å². The van der Waals surface area contributed by atoms with Gasteiger partial charge in [0, 0.05) is 27.2 Å². The van der Waals surface area contributed by atoms with Crippen molar-refractivity contribution in [1.29, 1.82) is 0 Å². The van der Waals surface area contributed by atoms with E-state index in [-0.39, 0.29) is 11.7 Å². The Morgan fingerprint density at radius 2 is 1.57 bits per heavy atom. The Labute approximate surface area is 145 Å². The number of carbonyl (C=O) groups excluding carboxylic acids is 1. The minimum Gasteiger partial charge on any atom is -0.322 e. The standard InChI is InChI=1S/C17H11FIN3O/c18-13-3-1-11(2-4-13)16-20-9-12(10-21-16)17(23)22-15-7-5-14(19)6-8-15/h1-10H,(H,22,23). The van der Waals surface area contributed by atoms with Crippen molar-refractivity contribution in [3.05, 3.63) is 75.9 Å². The van der Waals surface area contributed by atoms with Crippen LogP contribution in [-0.2, 0) is 0 Å². The number of amides is 1. The lowest BCUT2D eigenvalue weighted by Gasteiger charge is -2.05. The van der Waals surface area contributed by atoms with Crippen molar-refractivity contribution in [2.75, 3.05) is 5.32 Å². The maximum atomic E-state index is 12.9. The van der Waals surface area contributed by atoms with Crippen LogP contribution in [0.25, 0.3) is 11.4 Å². The van der Waals surface area contributed by atoms with Gasteiger partial charge in [-0.15, -0.1) is 0 Å². The number of carbonyl (C=O) groups is 1. The smallest absolute Gasteiger partial charge is 0.258 e. The molecule has 0 bridgehead atoms. The number of benzene rings is 2. The number of hydrogen-bond donors (Lipinski definition) is 1. The van der Waals surface area contributed by atoms with E-state index in [9.17, 15) is 9.18 Å². The van der Waals surface area contributed by atoms with Crippen LogP contribution in [0, 0.1) is 9.39 Å². The molecule has 0 aliphatic carbocycles. The first-order chi connectivity index (χ1) is 11.1. The summed E-state index contributed by atoms with van der Waals surface area (Å²) in [4.78, 5) is 20.5. The van der Waals surface area contributed by atoms with Gasteiger partial charge in [-0.25, -0.2) is 14.4 Å². The average Bonchev–Trinajstić information content (AvgIpc) is 2.58. The van der Waals surface area contributed by atoms with Crippen LogP contribution in [0.2, 0.25) is 0 Å². The Morgan fingerprint density at radius 1 is 0.957 bits per heavy atom. The van der Waals surface area contributed by atoms with E-state index in [4.69, 9.17) is 0 Å². The number of hydrogen-bond acceptors (Lipinski definition) is 3. The molecule has 0 saturated heterocycles. The first-order valence-electron chi connectivity index (χ1n) is 6.77. The molecule has 3 aromatic rings. The zero-order valence-electron chi connectivity index (χ0n) is 11.8. The first-order valence-corrected chi connectivity index (χ1v) is 7.84. The monoisotopic (exact) mass is 419 g/mol. The zero-order valence-corrected chi connectivity index (χ0v) is 14.0. The summed E-state index contributed by atoms with van der Waals surface area (Å²) in [6.45, 7) is 0. The van der Waals surface area contributed by atoms with Gasteiger partial charge < -0.3 is 5.32 Å². The number of nitrogens with zero attached hydrogens (tertiary/aromatic N) is 2. The molecule has 1 heterocycles. The number of aromatic nitrogens is 2. The second-order valence-electron chi connectivity index (χ2n) is 4.76. The van der Waals surface area contributed by atoms with Gasteiger partial charge in [0.1, 0.15) is 5.82 Å². The minimum absolute atomic E-state index is 0.281. The third kappa shape index (κ3) is 3.89. The summed E-state index contributed by atoms with van der Waals surface area (Å²) in [7, 11) is 0. The van der Waals surface area contributed by atoms with Gasteiger partial charge in [0.15, 0.2) is 5.82 Å². The predicted octanol–water partition coefficient (Wildman–Crippen LogP) is 4.14. The van der Waals surface area contributed by atoms with Crippen molar-refractivity contribution >= 4 is 34.2 Å². The average molecular weight is 419 g/mol. The number of nitrogens with one attached hydrogen (secondary N) is 1. The molecule has 0 fully saturated rings. The van der Waals surface area contributed by atoms with Crippen molar-refractivity contribution in [2.24, 2.45) is 0 Å². The van der Waals surface area contributed by atoms with Crippen molar-refractivity contribution in [3.8, 4) is 11.4 Å². The van der Waals surface area contributed by atoms with Crippen LogP contribution < -0.4 is 5.32 Å². The maximum Gasteiger partial charge on any atom is 0.258 e. The second kappa shape index (κ2) is 6.82. The molecule has 0 saturated carbocycles. The van der Waals surface area contributed by atoms with Crippen LogP contribution >= 0.6 is 22.6 Å². The van der Waals surface area contributed by atoms with Gasteiger partial charge in [0.2, 0.25) is 0 Å². The first kappa shape index (κ1) is 15.5. The summed E-state index contributed by atoms with van der Waals surface area (Å²) in [6, 6.07) is 13.3. The van der Waals surface area contributed by atoms with Crippen LogP contribution in [0.4, 0.5) is 10.1 Å². The minimum atomic E-state index is -0.317. The van der Waals surface area contributed by atoms with E-state index in [1.54, 1.807) is 12.1 Å². The second-order valence-corrected chi connectivity index (χ2v) is 6.01. The van der Waals surface area contributed by atoms with Crippen LogP contribution in [-0.4, -0.2) is 15.9 Å². The third-order valence-corrected chi connectivity index (χ3v) is 3.84. The van der Waals surface area contributed by atoms with Gasteiger partial charge in [0.05, 0.1) is 5.56 Å². The normalized spacial score (nSPS) is 10.3. The van der Waals surface area contributed by atoms with E-state index < -0.39 is 0 Å². The molecule has 1 amide bonds. The predicted molar refractivity (Wildman–Crippen MR) is 94.5 cm³/mol. The highest BCUT2D eigenvalue weighted by atomic mass is 127. The van der Waals surface area contributed by atoms with Gasteiger partial charge >= 0.3 is 0 Å². The van der Waals surface area contributed by atoms with E-state index in [1.165, 1.54) is 24.5 Å². The molecule has 114 valence electrons. The SMILES string of the molecule is O=C(Nc1ccc(I)cc1)c1cnc(-c2ccc(F)cc2)nc1. The summed E-state index contributed by atoms with van der Waals surface area (Å²) in [6.07, 6.45) is 2.90. The lowest BCUT2D eigenvalue weighted by atomic mass is 10.2. The summed E-state index contributed by atoms with van der Waals surface area (Å²) < 4.78 is 14.0. The molecule has 6 heteroatoms. The van der Waals surface area contributed by atoms with Crippen LogP contribution in [0.15, 0.2) is 60.9 Å². The van der Waals surface area contributed by atoms with Crippen molar-refractivity contribution in [2.45, 2.75) is 0 Å². The quantitative estimate of drug-likeness (QED) is 0.650. The highest BCUT2D eigenvalue weighted by molar-refractivity contribution is 14.1. The molecule has 0 aliphatic heterocycles. The fraction of sp³-hybridized carbons (Fsp3) is 0. The molecule has 2 aromatic carbocycles. The summed E-state index contributed by atoms with van der Waals surface area (Å²) in [5.41, 5.74) is 1.75. The summed E-state index contributed by atoms with van der Waals surface area (Å²) >= 11 is 2.20. The Hall–Kier alpha value is -2.35. The number of halogens is 2. The molecule has 0 spiro atoms. The van der Waals surface area contributed by atoms with Gasteiger partial charge in [-0.2, -0.15) is 0 Å². The third-order valence-electron chi connectivity index (χ3n) is 3.12. The fourth-order valence-corrected chi connectivity index (χ4v) is 2.29. The molecule has 0 atom stereocenters. The van der Waals surface area contributed by atoms with Crippen LogP contribution in [0.5, 0.6) is 0 Å². The van der Waals surface area contributed by atoms with Gasteiger partial charge in [-0.1, -0.05) is 0 Å². The Balaban J connectivity index is 1.74. The number of anilines is 1. The molecule has 1 N–H and O–H groups in total. The van der Waals surface area contributed by atoms with E-state index in [2.05, 4.69) is 37.9 Å². The molecule has 4 nitrogen and oxygen atoms in total. The molecule has 0 aliphatic rings. The molecule has 1 aromatic heterocycles. The lowest BCUT2D eigenvalue weighted by Crippen LogP contribution is -2.12. The molecule has 0 radical (unpaired) electrons. The van der Waals surface area contributed by atoms with Gasteiger partial charge in [0.25, 0.3) is 5.91 Å². The summed E-state index contributed by atoms with van der Waals surface area (Å²) in [5.74, 6) is -0.157. The fourth-order valence-electron chi connectivity index (χ4n) is 1.93. The molecular formula is C17H11FIN3O. The van der Waals surface area contributed by atoms with E-state index in [0.29, 0.717) is 22.6 Å². The highest BCUT2D eigenvalue weighted by Gasteiger charge is 2.08. The maximum absolute atomic E-state index is 12.9. The van der Waals surface area contributed by atoms with Crippen molar-refractivity contribution < 1.29 is 9.18 Å². The van der Waals surface area contributed by atoms with Crippen molar-refractivity contribution in [3.63, 3.8) is 0 Å². The zero-order chi connectivity index (χ0) is 16.2. The van der Waals surface area contributed by atoms with Crippen molar-refractivity contribution in [1.82, 2.24) is 9.97 Å². The topological polar surface area (TPSA) is 54.9 Å².